The molecule has 3 nitrogen and oxygen atoms in total. The smallest absolute Gasteiger partial charge is 0.307 e. The summed E-state index contributed by atoms with van der Waals surface area (Å²) < 4.78 is 4.80. The van der Waals surface area contributed by atoms with Crippen LogP contribution in [0.3, 0.4) is 0 Å². The van der Waals surface area contributed by atoms with Crippen LogP contribution in [-0.4, -0.2) is 25.2 Å². The van der Waals surface area contributed by atoms with Gasteiger partial charge >= 0.3 is 5.97 Å². The van der Waals surface area contributed by atoms with E-state index in [1.54, 1.807) is 0 Å². The molecule has 0 amide bonds. The largest absolute Gasteiger partial charge is 0.469 e. The maximum atomic E-state index is 11.5. The van der Waals surface area contributed by atoms with E-state index >= 15 is 0 Å². The van der Waals surface area contributed by atoms with Gasteiger partial charge in [0.15, 0.2) is 0 Å². The molecule has 0 aromatic heterocycles. The van der Waals surface area contributed by atoms with Gasteiger partial charge in [-0.2, -0.15) is 0 Å². The van der Waals surface area contributed by atoms with Gasteiger partial charge in [0.25, 0.3) is 0 Å². The highest BCUT2D eigenvalue weighted by Crippen LogP contribution is 2.19. The zero-order chi connectivity index (χ0) is 14.1. The molecule has 1 aromatic rings. The molecule has 0 saturated carbocycles. The third kappa shape index (κ3) is 5.88. The number of rotatable bonds is 8. The van der Waals surface area contributed by atoms with Crippen LogP contribution in [0.1, 0.15) is 38.7 Å². The third-order valence-corrected chi connectivity index (χ3v) is 3.37. The van der Waals surface area contributed by atoms with E-state index in [1.165, 1.54) is 12.7 Å². The lowest BCUT2D eigenvalue weighted by molar-refractivity contribution is -0.142. The van der Waals surface area contributed by atoms with Gasteiger partial charge in [-0.1, -0.05) is 37.3 Å². The number of aryl methyl sites for hydroxylation is 1. The minimum absolute atomic E-state index is 0.154. The SMILES string of the molecule is CCCNC(C)(CCc1ccccc1)CC(=O)OC. The normalized spacial score (nSPS) is 13.8. The van der Waals surface area contributed by atoms with Gasteiger partial charge in [-0.15, -0.1) is 0 Å². The van der Waals surface area contributed by atoms with Gasteiger partial charge in [-0.25, -0.2) is 0 Å². The second kappa shape index (κ2) is 7.95. The Hall–Kier alpha value is -1.35. The summed E-state index contributed by atoms with van der Waals surface area (Å²) in [4.78, 5) is 11.5. The van der Waals surface area contributed by atoms with Crippen molar-refractivity contribution in [1.82, 2.24) is 5.32 Å². The molecular weight excluding hydrogens is 238 g/mol. The van der Waals surface area contributed by atoms with E-state index in [1.807, 2.05) is 18.2 Å². The molecule has 3 heteroatoms. The van der Waals surface area contributed by atoms with Crippen molar-refractivity contribution in [3.8, 4) is 0 Å². The summed E-state index contributed by atoms with van der Waals surface area (Å²) >= 11 is 0. The molecule has 0 heterocycles. The average molecular weight is 263 g/mol. The van der Waals surface area contributed by atoms with Crippen molar-refractivity contribution < 1.29 is 9.53 Å². The van der Waals surface area contributed by atoms with E-state index in [0.717, 1.165) is 25.8 Å². The van der Waals surface area contributed by atoms with E-state index < -0.39 is 0 Å². The second-order valence-electron chi connectivity index (χ2n) is 5.23. The maximum absolute atomic E-state index is 11.5. The highest BCUT2D eigenvalue weighted by atomic mass is 16.5. The van der Waals surface area contributed by atoms with E-state index in [4.69, 9.17) is 4.74 Å². The van der Waals surface area contributed by atoms with Gasteiger partial charge in [-0.05, 0) is 38.3 Å². The van der Waals surface area contributed by atoms with Crippen molar-refractivity contribution >= 4 is 5.97 Å². The van der Waals surface area contributed by atoms with Crippen LogP contribution in [0, 0.1) is 0 Å². The summed E-state index contributed by atoms with van der Waals surface area (Å²) in [7, 11) is 1.44. The van der Waals surface area contributed by atoms with Crippen molar-refractivity contribution in [2.24, 2.45) is 0 Å². The molecule has 0 fully saturated rings. The molecule has 0 aliphatic rings. The molecule has 1 N–H and O–H groups in total. The van der Waals surface area contributed by atoms with Crippen LogP contribution in [0.2, 0.25) is 0 Å². The Balaban J connectivity index is 2.60. The molecule has 1 rings (SSSR count). The molecule has 0 spiro atoms. The Morgan fingerprint density at radius 2 is 2.00 bits per heavy atom. The summed E-state index contributed by atoms with van der Waals surface area (Å²) in [6.07, 6.45) is 3.36. The number of esters is 1. The fraction of sp³-hybridized carbons (Fsp3) is 0.562. The van der Waals surface area contributed by atoms with Crippen LogP contribution in [0.5, 0.6) is 0 Å². The number of benzene rings is 1. The van der Waals surface area contributed by atoms with Gasteiger partial charge in [0, 0.05) is 5.54 Å². The molecule has 1 unspecified atom stereocenters. The number of hydrogen-bond acceptors (Lipinski definition) is 3. The highest BCUT2D eigenvalue weighted by Gasteiger charge is 2.26. The molecular formula is C16H25NO2. The third-order valence-electron chi connectivity index (χ3n) is 3.37. The molecule has 0 bridgehead atoms. The molecule has 1 atom stereocenters. The molecule has 0 radical (unpaired) electrons. The van der Waals surface area contributed by atoms with Gasteiger partial charge < -0.3 is 10.1 Å². The average Bonchev–Trinajstić information content (AvgIpc) is 2.44. The molecule has 1 aromatic carbocycles. The summed E-state index contributed by atoms with van der Waals surface area (Å²) in [5.41, 5.74) is 1.11. The summed E-state index contributed by atoms with van der Waals surface area (Å²) in [6, 6.07) is 10.4. The molecule has 0 aliphatic heterocycles. The molecule has 106 valence electrons. The fourth-order valence-corrected chi connectivity index (χ4v) is 2.12. The summed E-state index contributed by atoms with van der Waals surface area (Å²) in [5, 5.41) is 3.48. The first-order valence-corrected chi connectivity index (χ1v) is 6.95. The fourth-order valence-electron chi connectivity index (χ4n) is 2.12. The summed E-state index contributed by atoms with van der Waals surface area (Å²) in [5.74, 6) is -0.154. The van der Waals surface area contributed by atoms with Gasteiger partial charge in [0.05, 0.1) is 13.5 Å². The number of carbonyl (C=O) groups excluding carboxylic acids is 1. The number of carbonyl (C=O) groups is 1. The van der Waals surface area contributed by atoms with Crippen molar-refractivity contribution in [3.05, 3.63) is 35.9 Å². The van der Waals surface area contributed by atoms with Crippen molar-refractivity contribution in [1.29, 1.82) is 0 Å². The van der Waals surface area contributed by atoms with Crippen molar-refractivity contribution in [3.63, 3.8) is 0 Å². The predicted octanol–water partition coefficient (Wildman–Crippen LogP) is 2.94. The van der Waals surface area contributed by atoms with Crippen LogP contribution in [0.4, 0.5) is 0 Å². The Morgan fingerprint density at radius 1 is 1.32 bits per heavy atom. The second-order valence-corrected chi connectivity index (χ2v) is 5.23. The predicted molar refractivity (Wildman–Crippen MR) is 78.1 cm³/mol. The monoisotopic (exact) mass is 263 g/mol. The lowest BCUT2D eigenvalue weighted by Crippen LogP contribution is -2.45. The Morgan fingerprint density at radius 3 is 2.58 bits per heavy atom. The maximum Gasteiger partial charge on any atom is 0.307 e. The van der Waals surface area contributed by atoms with Gasteiger partial charge in [0.2, 0.25) is 0 Å². The molecule has 0 aliphatic carbocycles. The van der Waals surface area contributed by atoms with E-state index in [2.05, 4.69) is 31.3 Å². The van der Waals surface area contributed by atoms with Crippen LogP contribution in [0.15, 0.2) is 30.3 Å². The van der Waals surface area contributed by atoms with Gasteiger partial charge in [0.1, 0.15) is 0 Å². The zero-order valence-electron chi connectivity index (χ0n) is 12.2. The van der Waals surface area contributed by atoms with E-state index in [0.29, 0.717) is 6.42 Å². The Bertz CT molecular complexity index is 378. The minimum Gasteiger partial charge on any atom is -0.469 e. The number of methoxy groups -OCH3 is 1. The zero-order valence-corrected chi connectivity index (χ0v) is 12.2. The van der Waals surface area contributed by atoms with E-state index in [-0.39, 0.29) is 11.5 Å². The van der Waals surface area contributed by atoms with Crippen LogP contribution in [0.25, 0.3) is 0 Å². The Kier molecular flexibility index (Phi) is 6.57. The first-order valence-electron chi connectivity index (χ1n) is 6.95. The van der Waals surface area contributed by atoms with Crippen LogP contribution in [-0.2, 0) is 16.0 Å². The van der Waals surface area contributed by atoms with Crippen LogP contribution >= 0.6 is 0 Å². The molecule has 0 saturated heterocycles. The first-order chi connectivity index (χ1) is 9.09. The first kappa shape index (κ1) is 15.7. The van der Waals surface area contributed by atoms with Gasteiger partial charge in [-0.3, -0.25) is 4.79 Å². The quantitative estimate of drug-likeness (QED) is 0.733. The lowest BCUT2D eigenvalue weighted by Gasteiger charge is -2.30. The lowest BCUT2D eigenvalue weighted by atomic mass is 9.89. The Labute approximate surface area is 116 Å². The molecule has 19 heavy (non-hydrogen) atoms. The number of nitrogens with one attached hydrogen (secondary N) is 1. The number of hydrogen-bond donors (Lipinski definition) is 1. The standard InChI is InChI=1S/C16H25NO2/c1-4-12-17-16(2,13-15(18)19-3)11-10-14-8-6-5-7-9-14/h5-9,17H,4,10-13H2,1-3H3. The summed E-state index contributed by atoms with van der Waals surface area (Å²) in [6.45, 7) is 5.15. The minimum atomic E-state index is -0.195. The van der Waals surface area contributed by atoms with E-state index in [9.17, 15) is 4.79 Å². The van der Waals surface area contributed by atoms with Crippen LogP contribution < -0.4 is 5.32 Å². The highest BCUT2D eigenvalue weighted by molar-refractivity contribution is 5.70. The topological polar surface area (TPSA) is 38.3 Å². The number of ether oxygens (including phenoxy) is 1. The van der Waals surface area contributed by atoms with Crippen molar-refractivity contribution in [2.75, 3.05) is 13.7 Å². The van der Waals surface area contributed by atoms with Crippen molar-refractivity contribution in [2.45, 2.75) is 45.1 Å².